The number of carbonyl (C=O) groups excluding carboxylic acids is 1. The molecular formula is C22H21ClF6N2O2. The lowest BCUT2D eigenvalue weighted by Gasteiger charge is -2.32. The number of anilines is 1. The van der Waals surface area contributed by atoms with E-state index in [1.165, 1.54) is 6.07 Å². The summed E-state index contributed by atoms with van der Waals surface area (Å²) in [6.45, 7) is 0.584. The highest BCUT2D eigenvalue weighted by molar-refractivity contribution is 6.30. The number of alkyl halides is 6. The summed E-state index contributed by atoms with van der Waals surface area (Å²) in [7, 11) is 0. The van der Waals surface area contributed by atoms with E-state index < -0.39 is 40.6 Å². The minimum absolute atomic E-state index is 0.120. The third-order valence-corrected chi connectivity index (χ3v) is 5.82. The van der Waals surface area contributed by atoms with Crippen LogP contribution in [-0.4, -0.2) is 23.7 Å². The van der Waals surface area contributed by atoms with E-state index in [4.69, 9.17) is 11.6 Å². The highest BCUT2D eigenvalue weighted by atomic mass is 35.5. The fourth-order valence-corrected chi connectivity index (χ4v) is 4.00. The summed E-state index contributed by atoms with van der Waals surface area (Å²) < 4.78 is 80.7. The molecule has 0 spiro atoms. The van der Waals surface area contributed by atoms with Crippen molar-refractivity contribution < 1.29 is 36.2 Å². The van der Waals surface area contributed by atoms with Crippen LogP contribution in [0.15, 0.2) is 36.4 Å². The number of hydrogen-bond donors (Lipinski definition) is 3. The minimum atomic E-state index is -5.29. The standard InChI is InChI=1S/C22H21ClF6N2O2/c1-2-19(32)31-18-6-3-12-7-16(4-5-17(12)18)30-11-20(33,22(27,28)29)13-8-14(21(24,25)26)10-15(23)9-13/h4-5,7-10,18,30,33H,2-3,6,11H2,1H3,(H,31,32)/t18-,20+/m1/s1. The lowest BCUT2D eigenvalue weighted by molar-refractivity contribution is -0.260. The second-order valence-electron chi connectivity index (χ2n) is 7.86. The quantitative estimate of drug-likeness (QED) is 0.449. The predicted molar refractivity (Wildman–Crippen MR) is 111 cm³/mol. The molecule has 0 bridgehead atoms. The number of amides is 1. The predicted octanol–water partition coefficient (Wildman–Crippen LogP) is 5.73. The van der Waals surface area contributed by atoms with E-state index in [9.17, 15) is 36.2 Å². The number of benzene rings is 2. The van der Waals surface area contributed by atoms with Gasteiger partial charge in [0.15, 0.2) is 0 Å². The van der Waals surface area contributed by atoms with Crippen molar-refractivity contribution in [1.82, 2.24) is 5.32 Å². The zero-order chi connectivity index (χ0) is 24.6. The molecule has 0 radical (unpaired) electrons. The molecule has 3 N–H and O–H groups in total. The molecule has 0 fully saturated rings. The zero-order valence-corrected chi connectivity index (χ0v) is 18.1. The number of nitrogens with one attached hydrogen (secondary N) is 2. The summed E-state index contributed by atoms with van der Waals surface area (Å²) in [5.74, 6) is -0.120. The van der Waals surface area contributed by atoms with Crippen LogP contribution in [-0.2, 0) is 23.0 Å². The molecule has 4 nitrogen and oxygen atoms in total. The molecule has 1 amide bonds. The number of aryl methyl sites for hydroxylation is 1. The van der Waals surface area contributed by atoms with Crippen LogP contribution in [0.5, 0.6) is 0 Å². The summed E-state index contributed by atoms with van der Waals surface area (Å²) in [5, 5.41) is 15.3. The fourth-order valence-electron chi connectivity index (χ4n) is 3.76. The lowest BCUT2D eigenvalue weighted by atomic mass is 9.91. The van der Waals surface area contributed by atoms with E-state index in [0.717, 1.165) is 11.1 Å². The SMILES string of the molecule is CCC(=O)N[C@@H]1CCc2cc(NC[C@](O)(c3cc(Cl)cc(C(F)(F)F)c3)C(F)(F)F)ccc21. The zero-order valence-electron chi connectivity index (χ0n) is 17.4. The van der Waals surface area contributed by atoms with Crippen molar-refractivity contribution in [1.29, 1.82) is 0 Å². The summed E-state index contributed by atoms with van der Waals surface area (Å²) >= 11 is 5.62. The Labute approximate surface area is 190 Å². The van der Waals surface area contributed by atoms with E-state index in [-0.39, 0.29) is 23.7 Å². The lowest BCUT2D eigenvalue weighted by Crippen LogP contribution is -2.48. The van der Waals surface area contributed by atoms with Crippen molar-refractivity contribution in [2.75, 3.05) is 11.9 Å². The van der Waals surface area contributed by atoms with E-state index in [1.807, 2.05) is 0 Å². The molecule has 0 saturated heterocycles. The first kappa shape index (κ1) is 25.2. The first-order valence-corrected chi connectivity index (χ1v) is 10.5. The molecule has 11 heteroatoms. The molecule has 0 aromatic heterocycles. The van der Waals surface area contributed by atoms with Crippen LogP contribution in [0.3, 0.4) is 0 Å². The Morgan fingerprint density at radius 2 is 1.76 bits per heavy atom. The maximum absolute atomic E-state index is 13.8. The average molecular weight is 495 g/mol. The van der Waals surface area contributed by atoms with Crippen molar-refractivity contribution in [3.05, 3.63) is 63.7 Å². The third-order valence-electron chi connectivity index (χ3n) is 5.60. The Hall–Kier alpha value is -2.46. The molecule has 0 unspecified atom stereocenters. The van der Waals surface area contributed by atoms with Gasteiger partial charge in [-0.3, -0.25) is 4.79 Å². The molecule has 2 atom stereocenters. The molecule has 1 aliphatic rings. The van der Waals surface area contributed by atoms with Gasteiger partial charge >= 0.3 is 12.4 Å². The topological polar surface area (TPSA) is 61.4 Å². The maximum Gasteiger partial charge on any atom is 0.423 e. The molecule has 180 valence electrons. The highest BCUT2D eigenvalue weighted by Crippen LogP contribution is 2.42. The molecule has 3 rings (SSSR count). The number of halogens is 7. The number of hydrogen-bond acceptors (Lipinski definition) is 3. The Balaban J connectivity index is 1.86. The Morgan fingerprint density at radius 3 is 2.36 bits per heavy atom. The van der Waals surface area contributed by atoms with Gasteiger partial charge in [-0.25, -0.2) is 0 Å². The van der Waals surface area contributed by atoms with Crippen LogP contribution >= 0.6 is 11.6 Å². The van der Waals surface area contributed by atoms with Crippen molar-refractivity contribution in [2.45, 2.75) is 50.2 Å². The molecule has 2 aromatic rings. The van der Waals surface area contributed by atoms with Crippen LogP contribution in [0.25, 0.3) is 0 Å². The minimum Gasteiger partial charge on any atom is -0.381 e. The van der Waals surface area contributed by atoms with Crippen LogP contribution in [0.1, 0.15) is 48.1 Å². The number of rotatable bonds is 6. The van der Waals surface area contributed by atoms with Crippen LogP contribution in [0.4, 0.5) is 32.0 Å². The van der Waals surface area contributed by atoms with Gasteiger partial charge in [-0.15, -0.1) is 0 Å². The van der Waals surface area contributed by atoms with Crippen LogP contribution < -0.4 is 10.6 Å². The third kappa shape index (κ3) is 5.38. The van der Waals surface area contributed by atoms with Gasteiger partial charge < -0.3 is 15.7 Å². The first-order chi connectivity index (χ1) is 15.2. The van der Waals surface area contributed by atoms with Gasteiger partial charge in [-0.1, -0.05) is 24.6 Å². The smallest absolute Gasteiger partial charge is 0.381 e. The average Bonchev–Trinajstić information content (AvgIpc) is 3.11. The van der Waals surface area contributed by atoms with E-state index >= 15 is 0 Å². The molecule has 33 heavy (non-hydrogen) atoms. The summed E-state index contributed by atoms with van der Waals surface area (Å²) in [6, 6.07) is 5.96. The second kappa shape index (κ2) is 9.06. The molecule has 0 saturated carbocycles. The van der Waals surface area contributed by atoms with Crippen LogP contribution in [0, 0.1) is 0 Å². The molecule has 0 aliphatic heterocycles. The largest absolute Gasteiger partial charge is 0.423 e. The normalized spacial score (nSPS) is 17.9. The second-order valence-corrected chi connectivity index (χ2v) is 8.30. The van der Waals surface area contributed by atoms with Gasteiger partial charge in [0.1, 0.15) is 0 Å². The molecule has 0 heterocycles. The van der Waals surface area contributed by atoms with Gasteiger partial charge in [0.05, 0.1) is 18.2 Å². The van der Waals surface area contributed by atoms with Gasteiger partial charge in [-0.2, -0.15) is 26.3 Å². The summed E-state index contributed by atoms with van der Waals surface area (Å²) in [5.41, 5.74) is -4.14. The maximum atomic E-state index is 13.8. The molecule has 2 aromatic carbocycles. The molecule has 1 aliphatic carbocycles. The number of fused-ring (bicyclic) bond motifs is 1. The van der Waals surface area contributed by atoms with Crippen molar-refractivity contribution in [3.63, 3.8) is 0 Å². The Morgan fingerprint density at radius 1 is 1.09 bits per heavy atom. The van der Waals surface area contributed by atoms with Crippen LogP contribution in [0.2, 0.25) is 5.02 Å². The number of aliphatic hydroxyl groups is 1. The monoisotopic (exact) mass is 494 g/mol. The molecular weight excluding hydrogens is 474 g/mol. The van der Waals surface area contributed by atoms with E-state index in [1.54, 1.807) is 19.1 Å². The van der Waals surface area contributed by atoms with Gasteiger partial charge in [0, 0.05) is 17.1 Å². The highest BCUT2D eigenvalue weighted by Gasteiger charge is 2.55. The Kier molecular flexibility index (Phi) is 6.91. The Bertz CT molecular complexity index is 1040. The van der Waals surface area contributed by atoms with Crippen molar-refractivity contribution >= 4 is 23.2 Å². The van der Waals surface area contributed by atoms with E-state index in [2.05, 4.69) is 10.6 Å². The van der Waals surface area contributed by atoms with E-state index in [0.29, 0.717) is 31.4 Å². The first-order valence-electron chi connectivity index (χ1n) is 10.1. The number of carbonyl (C=O) groups is 1. The fraction of sp³-hybridized carbons (Fsp3) is 0.409. The van der Waals surface area contributed by atoms with Gasteiger partial charge in [-0.05, 0) is 59.9 Å². The van der Waals surface area contributed by atoms with Crippen molar-refractivity contribution in [2.24, 2.45) is 0 Å². The summed E-state index contributed by atoms with van der Waals surface area (Å²) in [4.78, 5) is 11.7. The van der Waals surface area contributed by atoms with Gasteiger partial charge in [0.2, 0.25) is 11.5 Å². The van der Waals surface area contributed by atoms with Gasteiger partial charge in [0.25, 0.3) is 0 Å². The van der Waals surface area contributed by atoms with Crippen molar-refractivity contribution in [3.8, 4) is 0 Å². The summed E-state index contributed by atoms with van der Waals surface area (Å²) in [6.07, 6.45) is -8.68.